The minimum absolute atomic E-state index is 0. The molecule has 35 heavy (non-hydrogen) atoms. The monoisotopic (exact) mass is 546 g/mol. The van der Waals surface area contributed by atoms with Crippen LogP contribution in [0.15, 0.2) is 42.7 Å². The Hall–Kier alpha value is -2.53. The third kappa shape index (κ3) is 8.28. The average Bonchev–Trinajstić information content (AvgIpc) is 2.82. The zero-order chi connectivity index (χ0) is 23.6. The number of hydrogen-bond acceptors (Lipinski definition) is 6. The zero-order valence-electron chi connectivity index (χ0n) is 19.7. The van der Waals surface area contributed by atoms with Gasteiger partial charge >= 0.3 is 0 Å². The molecule has 0 saturated heterocycles. The largest absolute Gasteiger partial charge is 0.490 e. The first kappa shape index (κ1) is 27.1. The number of nitrogens with zero attached hydrogens (tertiary/aromatic N) is 2. The number of nitrogens with one attached hydrogen (secondary N) is 2. The van der Waals surface area contributed by atoms with Gasteiger partial charge in [-0.1, -0.05) is 30.6 Å². The maximum absolute atomic E-state index is 12.0. The van der Waals surface area contributed by atoms with Crippen molar-refractivity contribution in [2.45, 2.75) is 57.5 Å². The molecule has 3 aromatic rings. The number of amides is 1. The number of aromatic nitrogens is 2. The summed E-state index contributed by atoms with van der Waals surface area (Å²) in [6.07, 6.45) is 10.7. The van der Waals surface area contributed by atoms with Gasteiger partial charge in [-0.05, 0) is 67.1 Å². The van der Waals surface area contributed by atoms with Gasteiger partial charge in [-0.15, -0.1) is 18.2 Å². The molecule has 1 heterocycles. The van der Waals surface area contributed by atoms with Crippen LogP contribution in [-0.2, 0) is 37.5 Å². The van der Waals surface area contributed by atoms with Crippen LogP contribution in [0.1, 0.15) is 51.4 Å². The van der Waals surface area contributed by atoms with Crippen LogP contribution >= 0.6 is 0 Å². The van der Waals surface area contributed by atoms with Crippen molar-refractivity contribution >= 4 is 34.0 Å². The summed E-state index contributed by atoms with van der Waals surface area (Å²) in [4.78, 5) is 20.6. The van der Waals surface area contributed by atoms with Crippen LogP contribution < -0.4 is 15.4 Å². The maximum Gasteiger partial charge on any atom is 0.298 e. The molecule has 4 rings (SSSR count). The molecule has 8 heteroatoms. The van der Waals surface area contributed by atoms with Crippen LogP contribution in [-0.4, -0.2) is 33.7 Å². The molecule has 0 unspecified atom stereocenters. The fraction of sp³-hybridized carbons (Fsp3) is 0.370. The zero-order valence-corrected chi connectivity index (χ0v) is 22.6. The van der Waals surface area contributed by atoms with Crippen LogP contribution in [0.5, 0.6) is 5.75 Å². The summed E-state index contributed by atoms with van der Waals surface area (Å²) in [6, 6.07) is 14.5. The van der Waals surface area contributed by atoms with Gasteiger partial charge in [0.05, 0.1) is 24.9 Å². The molecular formula is C27H29N4O3Y-. The van der Waals surface area contributed by atoms with Gasteiger partial charge in [0.2, 0.25) is 0 Å². The molecule has 1 amide bonds. The predicted molar refractivity (Wildman–Crippen MR) is 133 cm³/mol. The summed E-state index contributed by atoms with van der Waals surface area (Å²) >= 11 is 0. The van der Waals surface area contributed by atoms with Gasteiger partial charge in [-0.3, -0.25) is 14.8 Å². The summed E-state index contributed by atoms with van der Waals surface area (Å²) in [5.41, 5.74) is 2.03. The Bertz CT molecular complexity index is 1170. The normalized spacial score (nSPS) is 14.0. The van der Waals surface area contributed by atoms with Gasteiger partial charge in [-0.2, -0.15) is 0 Å². The number of benzene rings is 2. The molecule has 0 bridgehead atoms. The summed E-state index contributed by atoms with van der Waals surface area (Å²) in [7, 11) is 0. The maximum atomic E-state index is 12.0. The number of carbonyl (C=O) groups is 1. The van der Waals surface area contributed by atoms with E-state index in [2.05, 4.69) is 38.5 Å². The SMILES string of the molecule is O=C(C#CCCO)Nc1[c-]c2c(Nc3ccc(OC4CCCCCCC4)cc3)ncnc2cc1.[Y]. The van der Waals surface area contributed by atoms with Gasteiger partial charge in [-0.25, -0.2) is 0 Å². The van der Waals surface area contributed by atoms with Crippen molar-refractivity contribution < 1.29 is 47.3 Å². The second-order valence-corrected chi connectivity index (χ2v) is 8.32. The summed E-state index contributed by atoms with van der Waals surface area (Å²) in [5.74, 6) is 6.03. The fourth-order valence-corrected chi connectivity index (χ4v) is 3.99. The third-order valence-corrected chi connectivity index (χ3v) is 5.70. The van der Waals surface area contributed by atoms with E-state index in [1.807, 2.05) is 24.3 Å². The van der Waals surface area contributed by atoms with Gasteiger partial charge in [0.15, 0.2) is 0 Å². The molecule has 1 aliphatic carbocycles. The van der Waals surface area contributed by atoms with Crippen molar-refractivity contribution in [2.75, 3.05) is 17.2 Å². The summed E-state index contributed by atoms with van der Waals surface area (Å²) in [6.45, 7) is -0.0809. The molecule has 0 atom stereocenters. The van der Waals surface area contributed by atoms with Crippen LogP contribution in [0.25, 0.3) is 10.9 Å². The summed E-state index contributed by atoms with van der Waals surface area (Å²) < 4.78 is 6.23. The van der Waals surface area contributed by atoms with Crippen LogP contribution in [0.4, 0.5) is 17.2 Å². The first-order valence-electron chi connectivity index (χ1n) is 11.8. The molecule has 1 aliphatic rings. The van der Waals surface area contributed by atoms with E-state index in [-0.39, 0.29) is 45.7 Å². The van der Waals surface area contributed by atoms with Gasteiger partial charge < -0.3 is 20.5 Å². The van der Waals surface area contributed by atoms with Crippen molar-refractivity contribution in [2.24, 2.45) is 0 Å². The number of ether oxygens (including phenoxy) is 1. The fourth-order valence-electron chi connectivity index (χ4n) is 3.99. The van der Waals surface area contributed by atoms with Gasteiger partial charge in [0, 0.05) is 44.8 Å². The number of rotatable bonds is 6. The molecule has 1 aromatic heterocycles. The Balaban J connectivity index is 0.00000342. The van der Waals surface area contributed by atoms with E-state index in [0.29, 0.717) is 28.5 Å². The van der Waals surface area contributed by atoms with E-state index in [0.717, 1.165) is 24.3 Å². The minimum Gasteiger partial charge on any atom is -0.490 e. The molecule has 7 nitrogen and oxygen atoms in total. The molecular weight excluding hydrogens is 517 g/mol. The molecule has 1 saturated carbocycles. The smallest absolute Gasteiger partial charge is 0.298 e. The molecule has 2 aromatic carbocycles. The Morgan fingerprint density at radius 3 is 2.54 bits per heavy atom. The van der Waals surface area contributed by atoms with E-state index in [4.69, 9.17) is 9.84 Å². The van der Waals surface area contributed by atoms with Crippen molar-refractivity contribution in [1.29, 1.82) is 0 Å². The number of fused-ring (bicyclic) bond motifs is 1. The number of aliphatic hydroxyl groups excluding tert-OH is 1. The van der Waals surface area contributed by atoms with Crippen molar-refractivity contribution in [1.82, 2.24) is 9.97 Å². The average molecular weight is 546 g/mol. The van der Waals surface area contributed by atoms with Crippen molar-refractivity contribution in [3.63, 3.8) is 0 Å². The molecule has 0 aliphatic heterocycles. The standard InChI is InChI=1S/C27H29N4O3.Y/c32-17-7-6-10-26(33)30-21-13-16-25-24(18-21)27(29-19-28-25)31-20-11-14-23(15-12-20)34-22-8-4-2-1-3-5-9-22;/h11-16,19,22,32H,1-5,7-9,17H2,(H,30,33)(H,28,29,31);/q-1;. The molecule has 179 valence electrons. The Morgan fingerprint density at radius 1 is 1.06 bits per heavy atom. The van der Waals surface area contributed by atoms with E-state index < -0.39 is 5.91 Å². The Morgan fingerprint density at radius 2 is 1.80 bits per heavy atom. The van der Waals surface area contributed by atoms with E-state index in [1.165, 1.54) is 38.4 Å². The van der Waals surface area contributed by atoms with E-state index >= 15 is 0 Å². The number of aliphatic hydroxyl groups is 1. The topological polar surface area (TPSA) is 96.4 Å². The van der Waals surface area contributed by atoms with Gasteiger partial charge in [0.1, 0.15) is 5.75 Å². The number of hydrogen-bond donors (Lipinski definition) is 3. The first-order valence-corrected chi connectivity index (χ1v) is 11.8. The van der Waals surface area contributed by atoms with Crippen molar-refractivity contribution in [3.05, 3.63) is 48.8 Å². The Kier molecular flexibility index (Phi) is 10.9. The molecule has 1 fully saturated rings. The predicted octanol–water partition coefficient (Wildman–Crippen LogP) is 4.99. The number of carbonyl (C=O) groups excluding carboxylic acids is 1. The molecule has 3 N–H and O–H groups in total. The molecule has 1 radical (unpaired) electrons. The Labute approximate surface area is 231 Å². The van der Waals surface area contributed by atoms with Crippen LogP contribution in [0.2, 0.25) is 0 Å². The summed E-state index contributed by atoms with van der Waals surface area (Å²) in [5, 5.41) is 15.4. The van der Waals surface area contributed by atoms with E-state index in [9.17, 15) is 4.79 Å². The molecule has 0 spiro atoms. The second-order valence-electron chi connectivity index (χ2n) is 8.32. The van der Waals surface area contributed by atoms with Crippen molar-refractivity contribution in [3.8, 4) is 17.6 Å². The van der Waals surface area contributed by atoms with Crippen LogP contribution in [0, 0.1) is 17.9 Å². The van der Waals surface area contributed by atoms with E-state index in [1.54, 1.807) is 12.1 Å². The third-order valence-electron chi connectivity index (χ3n) is 5.70. The van der Waals surface area contributed by atoms with Crippen LogP contribution in [0.3, 0.4) is 0 Å². The minimum atomic E-state index is -0.463. The number of anilines is 3. The van der Waals surface area contributed by atoms with Gasteiger partial charge in [0.25, 0.3) is 5.91 Å². The first-order chi connectivity index (χ1) is 16.7. The quantitative estimate of drug-likeness (QED) is 0.298. The second kappa shape index (κ2) is 14.1.